The van der Waals surface area contributed by atoms with Gasteiger partial charge in [-0.1, -0.05) is 6.92 Å². The summed E-state index contributed by atoms with van der Waals surface area (Å²) in [7, 11) is 0. The second kappa shape index (κ2) is 8.07. The van der Waals surface area contributed by atoms with Crippen molar-refractivity contribution >= 4 is 5.91 Å². The molecule has 0 aromatic carbocycles. The number of rotatable bonds is 6. The Balaban J connectivity index is 2.02. The molecule has 2 heterocycles. The van der Waals surface area contributed by atoms with Gasteiger partial charge in [0, 0.05) is 32.4 Å². The highest BCUT2D eigenvalue weighted by Crippen LogP contribution is 2.13. The van der Waals surface area contributed by atoms with Crippen LogP contribution in [0.2, 0.25) is 0 Å². The number of carbonyl (C=O) groups excluding carboxylic acids is 1. The third-order valence-corrected chi connectivity index (χ3v) is 3.57. The van der Waals surface area contributed by atoms with Crippen molar-refractivity contribution in [3.8, 4) is 0 Å². The first-order valence-electron chi connectivity index (χ1n) is 7.48. The van der Waals surface area contributed by atoms with Crippen molar-refractivity contribution in [2.75, 3.05) is 26.3 Å². The summed E-state index contributed by atoms with van der Waals surface area (Å²) in [5, 5.41) is 2.95. The van der Waals surface area contributed by atoms with Crippen molar-refractivity contribution in [2.45, 2.75) is 32.5 Å². The molecule has 3 N–H and O–H groups in total. The maximum absolute atomic E-state index is 12.2. The van der Waals surface area contributed by atoms with Crippen LogP contribution in [0.5, 0.6) is 0 Å². The second-order valence-corrected chi connectivity index (χ2v) is 5.21. The van der Waals surface area contributed by atoms with Gasteiger partial charge in [-0.2, -0.15) is 0 Å². The van der Waals surface area contributed by atoms with Crippen LogP contribution in [0.3, 0.4) is 0 Å². The van der Waals surface area contributed by atoms with E-state index in [1.165, 1.54) is 0 Å². The SMILES string of the molecule is CCCNC(=O)C1COCCN1Cc1ccnc(CN)c1. The molecular weight excluding hydrogens is 268 g/mol. The summed E-state index contributed by atoms with van der Waals surface area (Å²) in [6.45, 7) is 5.75. The summed E-state index contributed by atoms with van der Waals surface area (Å²) in [6, 6.07) is 3.74. The average molecular weight is 292 g/mol. The summed E-state index contributed by atoms with van der Waals surface area (Å²) < 4.78 is 5.46. The predicted octanol–water partition coefficient (Wildman–Crippen LogP) is 0.267. The van der Waals surface area contributed by atoms with Crippen LogP contribution in [0.15, 0.2) is 18.3 Å². The number of hydrogen-bond acceptors (Lipinski definition) is 5. The molecule has 116 valence electrons. The zero-order valence-electron chi connectivity index (χ0n) is 12.5. The molecule has 1 atom stereocenters. The van der Waals surface area contributed by atoms with E-state index in [0.717, 1.165) is 24.2 Å². The lowest BCUT2D eigenvalue weighted by molar-refractivity contribution is -0.132. The molecule has 0 bridgehead atoms. The Hall–Kier alpha value is -1.50. The number of hydrogen-bond donors (Lipinski definition) is 2. The van der Waals surface area contributed by atoms with Crippen LogP contribution in [0.1, 0.15) is 24.6 Å². The van der Waals surface area contributed by atoms with Gasteiger partial charge in [0.25, 0.3) is 0 Å². The van der Waals surface area contributed by atoms with Crippen LogP contribution in [0.4, 0.5) is 0 Å². The maximum atomic E-state index is 12.2. The number of nitrogens with zero attached hydrogens (tertiary/aromatic N) is 2. The van der Waals surface area contributed by atoms with Crippen molar-refractivity contribution in [3.63, 3.8) is 0 Å². The fourth-order valence-corrected chi connectivity index (χ4v) is 2.41. The fourth-order valence-electron chi connectivity index (χ4n) is 2.41. The van der Waals surface area contributed by atoms with Crippen LogP contribution >= 0.6 is 0 Å². The first kappa shape index (κ1) is 15.9. The number of aromatic nitrogens is 1. The lowest BCUT2D eigenvalue weighted by atomic mass is 10.1. The topological polar surface area (TPSA) is 80.5 Å². The van der Waals surface area contributed by atoms with Gasteiger partial charge in [-0.05, 0) is 24.1 Å². The Kier molecular flexibility index (Phi) is 6.10. The van der Waals surface area contributed by atoms with E-state index in [4.69, 9.17) is 10.5 Å². The van der Waals surface area contributed by atoms with E-state index in [0.29, 0.717) is 32.8 Å². The fraction of sp³-hybridized carbons (Fsp3) is 0.600. The molecule has 6 nitrogen and oxygen atoms in total. The molecule has 1 aromatic rings. The highest BCUT2D eigenvalue weighted by Gasteiger charge is 2.29. The van der Waals surface area contributed by atoms with Crippen molar-refractivity contribution in [1.82, 2.24) is 15.2 Å². The molecule has 0 spiro atoms. The molecule has 1 aliphatic heterocycles. The molecule has 6 heteroatoms. The van der Waals surface area contributed by atoms with Gasteiger partial charge in [0.1, 0.15) is 6.04 Å². The first-order chi connectivity index (χ1) is 10.2. The molecule has 1 aromatic heterocycles. The lowest BCUT2D eigenvalue weighted by Crippen LogP contribution is -2.53. The third kappa shape index (κ3) is 4.49. The van der Waals surface area contributed by atoms with Gasteiger partial charge in [-0.3, -0.25) is 14.7 Å². The van der Waals surface area contributed by atoms with E-state index < -0.39 is 0 Å². The predicted molar refractivity (Wildman–Crippen MR) is 80.4 cm³/mol. The molecule has 0 saturated carbocycles. The molecule has 0 radical (unpaired) electrons. The summed E-state index contributed by atoms with van der Waals surface area (Å²) in [6.07, 6.45) is 2.70. The molecule has 1 saturated heterocycles. The van der Waals surface area contributed by atoms with E-state index in [1.807, 2.05) is 19.1 Å². The van der Waals surface area contributed by atoms with Crippen LogP contribution in [-0.4, -0.2) is 48.1 Å². The van der Waals surface area contributed by atoms with Gasteiger partial charge in [0.15, 0.2) is 0 Å². The van der Waals surface area contributed by atoms with Gasteiger partial charge in [0.05, 0.1) is 18.9 Å². The Labute approximate surface area is 125 Å². The third-order valence-electron chi connectivity index (χ3n) is 3.57. The van der Waals surface area contributed by atoms with Crippen LogP contribution in [0.25, 0.3) is 0 Å². The monoisotopic (exact) mass is 292 g/mol. The lowest BCUT2D eigenvalue weighted by Gasteiger charge is -2.34. The van der Waals surface area contributed by atoms with E-state index in [1.54, 1.807) is 6.20 Å². The van der Waals surface area contributed by atoms with E-state index in [-0.39, 0.29) is 11.9 Å². The molecule has 0 aliphatic carbocycles. The standard InChI is InChI=1S/C15H24N4O2/c1-2-4-18-15(20)14-11-21-7-6-19(14)10-12-3-5-17-13(8-12)9-16/h3,5,8,14H,2,4,6-7,9-11,16H2,1H3,(H,18,20). The Bertz CT molecular complexity index is 467. The normalized spacial score (nSPS) is 19.4. The molecule has 1 amide bonds. The van der Waals surface area contributed by atoms with Crippen molar-refractivity contribution in [1.29, 1.82) is 0 Å². The van der Waals surface area contributed by atoms with Crippen molar-refractivity contribution in [3.05, 3.63) is 29.6 Å². The number of carbonyl (C=O) groups is 1. The Morgan fingerprint density at radius 3 is 3.24 bits per heavy atom. The number of morpholine rings is 1. The summed E-state index contributed by atoms with van der Waals surface area (Å²) in [4.78, 5) is 18.6. The van der Waals surface area contributed by atoms with Gasteiger partial charge in [-0.25, -0.2) is 0 Å². The minimum atomic E-state index is -0.222. The van der Waals surface area contributed by atoms with Crippen molar-refractivity contribution < 1.29 is 9.53 Å². The minimum absolute atomic E-state index is 0.0460. The molecule has 1 fully saturated rings. The zero-order chi connectivity index (χ0) is 15.1. The molecule has 2 rings (SSSR count). The number of nitrogens with one attached hydrogen (secondary N) is 1. The van der Waals surface area contributed by atoms with Gasteiger partial charge < -0.3 is 15.8 Å². The van der Waals surface area contributed by atoms with E-state index >= 15 is 0 Å². The summed E-state index contributed by atoms with van der Waals surface area (Å²) in [5.74, 6) is 0.0460. The highest BCUT2D eigenvalue weighted by molar-refractivity contribution is 5.82. The Morgan fingerprint density at radius 1 is 1.62 bits per heavy atom. The average Bonchev–Trinajstić information content (AvgIpc) is 2.53. The van der Waals surface area contributed by atoms with Crippen LogP contribution in [0, 0.1) is 0 Å². The summed E-state index contributed by atoms with van der Waals surface area (Å²) in [5.41, 5.74) is 7.62. The number of ether oxygens (including phenoxy) is 1. The second-order valence-electron chi connectivity index (χ2n) is 5.21. The van der Waals surface area contributed by atoms with E-state index in [9.17, 15) is 4.79 Å². The molecule has 1 unspecified atom stereocenters. The van der Waals surface area contributed by atoms with Gasteiger partial charge in [0.2, 0.25) is 5.91 Å². The number of nitrogens with two attached hydrogens (primary N) is 1. The zero-order valence-corrected chi connectivity index (χ0v) is 12.5. The quantitative estimate of drug-likeness (QED) is 0.786. The van der Waals surface area contributed by atoms with Crippen LogP contribution < -0.4 is 11.1 Å². The van der Waals surface area contributed by atoms with Crippen LogP contribution in [-0.2, 0) is 22.6 Å². The van der Waals surface area contributed by atoms with Gasteiger partial charge in [-0.15, -0.1) is 0 Å². The number of pyridine rings is 1. The minimum Gasteiger partial charge on any atom is -0.378 e. The first-order valence-corrected chi connectivity index (χ1v) is 7.48. The molecular formula is C15H24N4O2. The molecule has 21 heavy (non-hydrogen) atoms. The molecule has 1 aliphatic rings. The van der Waals surface area contributed by atoms with Gasteiger partial charge >= 0.3 is 0 Å². The highest BCUT2D eigenvalue weighted by atomic mass is 16.5. The smallest absolute Gasteiger partial charge is 0.239 e. The Morgan fingerprint density at radius 2 is 2.48 bits per heavy atom. The van der Waals surface area contributed by atoms with E-state index in [2.05, 4.69) is 15.2 Å². The van der Waals surface area contributed by atoms with Crippen molar-refractivity contribution in [2.24, 2.45) is 5.73 Å². The largest absolute Gasteiger partial charge is 0.378 e. The maximum Gasteiger partial charge on any atom is 0.239 e. The summed E-state index contributed by atoms with van der Waals surface area (Å²) >= 11 is 0. The number of amides is 1.